The van der Waals surface area contributed by atoms with Crippen LogP contribution in [0.15, 0.2) is 70.3 Å². The third-order valence-electron chi connectivity index (χ3n) is 5.09. The molecule has 0 unspecified atom stereocenters. The van der Waals surface area contributed by atoms with Gasteiger partial charge in [0, 0.05) is 18.3 Å². The van der Waals surface area contributed by atoms with E-state index in [1.165, 1.54) is 18.7 Å². The summed E-state index contributed by atoms with van der Waals surface area (Å²) in [6, 6.07) is 11.1. The van der Waals surface area contributed by atoms with Crippen molar-refractivity contribution in [2.45, 2.75) is 44.3 Å². The van der Waals surface area contributed by atoms with E-state index in [0.717, 1.165) is 42.8 Å². The largest absolute Gasteiger partial charge is 0.467 e. The average Bonchev–Trinajstić information content (AvgIpc) is 3.48. The van der Waals surface area contributed by atoms with Crippen LogP contribution in [0, 0.1) is 0 Å². The van der Waals surface area contributed by atoms with E-state index in [4.69, 9.17) is 4.42 Å². The zero-order valence-corrected chi connectivity index (χ0v) is 18.7. The number of carbonyl (C=O) groups excluding carboxylic acids is 2. The Balaban J connectivity index is 1.48. The Morgan fingerprint density at radius 3 is 2.91 bits per heavy atom. The van der Waals surface area contributed by atoms with E-state index >= 15 is 0 Å². The fourth-order valence-corrected chi connectivity index (χ4v) is 4.42. The van der Waals surface area contributed by atoms with E-state index in [1.807, 2.05) is 41.3 Å². The van der Waals surface area contributed by atoms with Crippen LogP contribution in [0.5, 0.6) is 0 Å². The van der Waals surface area contributed by atoms with Gasteiger partial charge in [0.15, 0.2) is 5.16 Å². The third-order valence-corrected chi connectivity index (χ3v) is 6.02. The lowest BCUT2D eigenvalue weighted by molar-refractivity contribution is -0.127. The predicted octanol–water partition coefficient (Wildman–Crippen LogP) is 4.40. The summed E-state index contributed by atoms with van der Waals surface area (Å²) in [6.45, 7) is 1.89. The molecule has 1 aliphatic rings. The number of nitrogens with one attached hydrogen (secondary N) is 1. The Bertz CT molecular complexity index is 1110. The molecule has 0 saturated heterocycles. The van der Waals surface area contributed by atoms with Crippen molar-refractivity contribution in [1.29, 1.82) is 0 Å². The summed E-state index contributed by atoms with van der Waals surface area (Å²) >= 11 is 1.33. The summed E-state index contributed by atoms with van der Waals surface area (Å²) < 4.78 is 7.29. The predicted molar refractivity (Wildman–Crippen MR) is 122 cm³/mol. The first-order valence-electron chi connectivity index (χ1n) is 10.5. The first-order chi connectivity index (χ1) is 15.6. The van der Waals surface area contributed by atoms with Gasteiger partial charge in [0.1, 0.15) is 12.1 Å². The van der Waals surface area contributed by atoms with Crippen LogP contribution in [0.3, 0.4) is 0 Å². The molecule has 8 nitrogen and oxygen atoms in total. The molecule has 166 valence electrons. The molecule has 0 bridgehead atoms. The van der Waals surface area contributed by atoms with E-state index in [1.54, 1.807) is 17.2 Å². The second-order valence-electron chi connectivity index (χ2n) is 7.50. The molecule has 1 N–H and O–H groups in total. The molecule has 2 aromatic heterocycles. The quantitative estimate of drug-likeness (QED) is 0.510. The van der Waals surface area contributed by atoms with E-state index < -0.39 is 0 Å². The molecule has 0 spiro atoms. The van der Waals surface area contributed by atoms with Gasteiger partial charge in [0.25, 0.3) is 0 Å². The Hall–Kier alpha value is -3.33. The maximum Gasteiger partial charge on any atom is 0.237 e. The summed E-state index contributed by atoms with van der Waals surface area (Å²) in [7, 11) is 0. The number of allylic oxidation sites excluding steroid dienone is 2. The topological polar surface area (TPSA) is 93.3 Å². The molecule has 0 fully saturated rings. The molecular weight excluding hydrogens is 426 g/mol. The Labute approximate surface area is 190 Å². The Morgan fingerprint density at radius 2 is 2.16 bits per heavy atom. The fraction of sp³-hybridized carbons (Fsp3) is 0.304. The molecule has 2 heterocycles. The van der Waals surface area contributed by atoms with Crippen LogP contribution in [0.2, 0.25) is 0 Å². The minimum Gasteiger partial charge on any atom is -0.467 e. The van der Waals surface area contributed by atoms with Crippen molar-refractivity contribution in [3.8, 4) is 5.69 Å². The highest BCUT2D eigenvalue weighted by molar-refractivity contribution is 7.99. The van der Waals surface area contributed by atoms with E-state index in [9.17, 15) is 9.59 Å². The lowest BCUT2D eigenvalue weighted by Gasteiger charge is -2.27. The van der Waals surface area contributed by atoms with Gasteiger partial charge in [-0.3, -0.25) is 14.2 Å². The number of benzene rings is 1. The molecule has 0 atom stereocenters. The second-order valence-corrected chi connectivity index (χ2v) is 8.45. The molecule has 9 heteroatoms. The molecule has 1 aromatic carbocycles. The normalized spacial score (nSPS) is 13.5. The van der Waals surface area contributed by atoms with Crippen molar-refractivity contribution in [1.82, 2.24) is 19.7 Å². The molecule has 4 rings (SSSR count). The van der Waals surface area contributed by atoms with Crippen LogP contribution in [0.4, 0.5) is 5.69 Å². The van der Waals surface area contributed by atoms with E-state index in [-0.39, 0.29) is 17.6 Å². The van der Waals surface area contributed by atoms with Gasteiger partial charge in [0.2, 0.25) is 11.8 Å². The number of nitrogens with zero attached hydrogens (tertiary/aromatic N) is 4. The number of aromatic nitrogens is 3. The van der Waals surface area contributed by atoms with Crippen LogP contribution in [-0.4, -0.2) is 37.2 Å². The number of carbonyl (C=O) groups is 2. The van der Waals surface area contributed by atoms with Crippen molar-refractivity contribution in [2.75, 3.05) is 11.1 Å². The van der Waals surface area contributed by atoms with Crippen molar-refractivity contribution in [2.24, 2.45) is 0 Å². The Kier molecular flexibility index (Phi) is 7.06. The number of thioether (sulfide) groups is 1. The SMILES string of the molecule is CC(=O)Nc1cccc(-n2cnnc2SCC(=O)N(Cc2ccco2)C2=CCCCC2)c1. The molecule has 0 aliphatic heterocycles. The van der Waals surface area contributed by atoms with E-state index in [2.05, 4.69) is 21.6 Å². The van der Waals surface area contributed by atoms with Crippen LogP contribution < -0.4 is 5.32 Å². The van der Waals surface area contributed by atoms with Gasteiger partial charge in [-0.05, 0) is 56.0 Å². The van der Waals surface area contributed by atoms with Gasteiger partial charge < -0.3 is 14.6 Å². The summed E-state index contributed by atoms with van der Waals surface area (Å²) in [6.07, 6.45) is 9.50. The van der Waals surface area contributed by atoms with E-state index in [0.29, 0.717) is 17.4 Å². The molecule has 3 aromatic rings. The van der Waals surface area contributed by atoms with Crippen LogP contribution in [-0.2, 0) is 16.1 Å². The number of furan rings is 1. The molecule has 0 saturated carbocycles. The van der Waals surface area contributed by atoms with Gasteiger partial charge in [-0.1, -0.05) is 23.9 Å². The smallest absolute Gasteiger partial charge is 0.237 e. The zero-order chi connectivity index (χ0) is 22.3. The summed E-state index contributed by atoms with van der Waals surface area (Å²) in [5, 5.41) is 11.6. The summed E-state index contributed by atoms with van der Waals surface area (Å²) in [5.41, 5.74) is 2.55. The highest BCUT2D eigenvalue weighted by Crippen LogP contribution is 2.26. The number of rotatable bonds is 8. The lowest BCUT2D eigenvalue weighted by Crippen LogP contribution is -2.32. The van der Waals surface area contributed by atoms with Crippen LogP contribution in [0.25, 0.3) is 5.69 Å². The zero-order valence-electron chi connectivity index (χ0n) is 17.9. The number of hydrogen-bond acceptors (Lipinski definition) is 6. The standard InChI is InChI=1S/C23H25N5O3S/c1-17(29)25-18-7-5-10-20(13-18)28-16-24-26-23(28)32-15-22(30)27(14-21-11-6-12-31-21)19-8-3-2-4-9-19/h5-8,10-13,16H,2-4,9,14-15H2,1H3,(H,25,29). The second kappa shape index (κ2) is 10.3. The number of amides is 2. The highest BCUT2D eigenvalue weighted by atomic mass is 32.2. The average molecular weight is 452 g/mol. The number of hydrogen-bond donors (Lipinski definition) is 1. The molecule has 32 heavy (non-hydrogen) atoms. The molecule has 2 amide bonds. The molecule has 0 radical (unpaired) electrons. The minimum atomic E-state index is -0.139. The first kappa shape index (κ1) is 21.9. The van der Waals surface area contributed by atoms with Crippen LogP contribution >= 0.6 is 11.8 Å². The summed E-state index contributed by atoms with van der Waals surface area (Å²) in [5.74, 6) is 0.843. The lowest BCUT2D eigenvalue weighted by atomic mass is 10.0. The minimum absolute atomic E-state index is 0.00102. The van der Waals surface area contributed by atoms with Gasteiger partial charge in [0.05, 0.1) is 24.2 Å². The summed E-state index contributed by atoms with van der Waals surface area (Å²) in [4.78, 5) is 26.4. The third kappa shape index (κ3) is 5.47. The maximum atomic E-state index is 13.2. The van der Waals surface area contributed by atoms with Crippen molar-refractivity contribution >= 4 is 29.3 Å². The van der Waals surface area contributed by atoms with Gasteiger partial charge in [-0.25, -0.2) is 0 Å². The van der Waals surface area contributed by atoms with Crippen molar-refractivity contribution in [3.05, 3.63) is 66.5 Å². The molecule has 1 aliphatic carbocycles. The first-order valence-corrected chi connectivity index (χ1v) is 11.5. The van der Waals surface area contributed by atoms with Gasteiger partial charge >= 0.3 is 0 Å². The maximum absolute atomic E-state index is 13.2. The molecular formula is C23H25N5O3S. The Morgan fingerprint density at radius 1 is 1.25 bits per heavy atom. The van der Waals surface area contributed by atoms with Gasteiger partial charge in [-0.2, -0.15) is 0 Å². The number of anilines is 1. The monoisotopic (exact) mass is 451 g/mol. The van der Waals surface area contributed by atoms with Gasteiger partial charge in [-0.15, -0.1) is 10.2 Å². The van der Waals surface area contributed by atoms with Crippen LogP contribution in [0.1, 0.15) is 38.4 Å². The van der Waals surface area contributed by atoms with Crippen molar-refractivity contribution < 1.29 is 14.0 Å². The fourth-order valence-electron chi connectivity index (χ4n) is 3.62. The van der Waals surface area contributed by atoms with Crippen molar-refractivity contribution in [3.63, 3.8) is 0 Å². The highest BCUT2D eigenvalue weighted by Gasteiger charge is 2.22.